The maximum absolute atomic E-state index is 12.2. The molecular weight excluding hydrogens is 286 g/mol. The Morgan fingerprint density at radius 2 is 1.86 bits per heavy atom. The second-order valence-electron chi connectivity index (χ2n) is 4.87. The molecule has 1 aliphatic heterocycles. The van der Waals surface area contributed by atoms with Crippen LogP contribution in [0.4, 0.5) is 15.6 Å². The normalized spacial score (nSPS) is 15.1. The lowest BCUT2D eigenvalue weighted by Gasteiger charge is -2.34. The Kier molecular flexibility index (Phi) is 4.01. The fourth-order valence-corrected chi connectivity index (χ4v) is 2.98. The average Bonchev–Trinajstić information content (AvgIpc) is 2.95. The summed E-state index contributed by atoms with van der Waals surface area (Å²) in [6.45, 7) is 4.91. The number of anilines is 2. The summed E-state index contributed by atoms with van der Waals surface area (Å²) in [6.07, 6.45) is 0. The molecule has 7 heteroatoms. The smallest absolute Gasteiger partial charge is 0.321 e. The number of aryl methyl sites for hydroxylation is 1. The summed E-state index contributed by atoms with van der Waals surface area (Å²) in [4.78, 5) is 16.2. The zero-order chi connectivity index (χ0) is 14.7. The number of carbonyl (C=O) groups excluding carboxylic acids is 1. The van der Waals surface area contributed by atoms with Gasteiger partial charge in [0.15, 0.2) is 0 Å². The highest BCUT2D eigenvalue weighted by Crippen LogP contribution is 2.21. The fourth-order valence-electron chi connectivity index (χ4n) is 2.24. The fraction of sp³-hybridized carbons (Fsp3) is 0.357. The highest BCUT2D eigenvalue weighted by molar-refractivity contribution is 7.15. The monoisotopic (exact) mass is 303 g/mol. The van der Waals surface area contributed by atoms with Gasteiger partial charge >= 0.3 is 6.03 Å². The number of piperazine rings is 1. The van der Waals surface area contributed by atoms with Crippen LogP contribution in [-0.4, -0.2) is 47.3 Å². The maximum atomic E-state index is 12.2. The lowest BCUT2D eigenvalue weighted by molar-refractivity contribution is 0.208. The highest BCUT2D eigenvalue weighted by atomic mass is 32.1. The van der Waals surface area contributed by atoms with E-state index >= 15 is 0 Å². The topological polar surface area (TPSA) is 61.4 Å². The number of para-hydroxylation sites is 1. The summed E-state index contributed by atoms with van der Waals surface area (Å²) >= 11 is 1.59. The quantitative estimate of drug-likeness (QED) is 0.924. The van der Waals surface area contributed by atoms with Gasteiger partial charge in [0, 0.05) is 31.9 Å². The molecule has 1 saturated heterocycles. The second-order valence-corrected chi connectivity index (χ2v) is 6.03. The van der Waals surface area contributed by atoms with Gasteiger partial charge in [-0.2, -0.15) is 0 Å². The van der Waals surface area contributed by atoms with E-state index in [-0.39, 0.29) is 6.03 Å². The van der Waals surface area contributed by atoms with Crippen molar-refractivity contribution in [2.75, 3.05) is 36.4 Å². The van der Waals surface area contributed by atoms with Gasteiger partial charge in [-0.15, -0.1) is 10.2 Å². The molecule has 1 aliphatic rings. The SMILES string of the molecule is Cc1nnc(N2CCN(C(=O)Nc3ccccc3)CC2)s1. The number of carbonyl (C=O) groups is 1. The van der Waals surface area contributed by atoms with Crippen molar-refractivity contribution in [2.24, 2.45) is 0 Å². The van der Waals surface area contributed by atoms with Crippen LogP contribution in [0.5, 0.6) is 0 Å². The first-order valence-electron chi connectivity index (χ1n) is 6.88. The van der Waals surface area contributed by atoms with E-state index in [0.717, 1.165) is 28.9 Å². The first-order valence-corrected chi connectivity index (χ1v) is 7.70. The van der Waals surface area contributed by atoms with E-state index in [0.29, 0.717) is 13.1 Å². The Morgan fingerprint density at radius 1 is 1.14 bits per heavy atom. The lowest BCUT2D eigenvalue weighted by atomic mass is 10.3. The number of amides is 2. The molecule has 0 spiro atoms. The second kappa shape index (κ2) is 6.09. The highest BCUT2D eigenvalue weighted by Gasteiger charge is 2.22. The van der Waals surface area contributed by atoms with Crippen LogP contribution < -0.4 is 10.2 Å². The number of nitrogens with zero attached hydrogens (tertiary/aromatic N) is 4. The molecule has 0 aliphatic carbocycles. The molecule has 110 valence electrons. The van der Waals surface area contributed by atoms with Crippen LogP contribution in [0.1, 0.15) is 5.01 Å². The van der Waals surface area contributed by atoms with E-state index < -0.39 is 0 Å². The number of nitrogens with one attached hydrogen (secondary N) is 1. The van der Waals surface area contributed by atoms with Crippen molar-refractivity contribution in [3.8, 4) is 0 Å². The Balaban J connectivity index is 1.54. The van der Waals surface area contributed by atoms with Gasteiger partial charge in [-0.25, -0.2) is 4.79 Å². The minimum absolute atomic E-state index is 0.0469. The minimum Gasteiger partial charge on any atom is -0.343 e. The molecule has 0 saturated carbocycles. The van der Waals surface area contributed by atoms with Gasteiger partial charge in [-0.05, 0) is 19.1 Å². The first kappa shape index (κ1) is 13.8. The minimum atomic E-state index is -0.0469. The summed E-state index contributed by atoms with van der Waals surface area (Å²) in [5.74, 6) is 0. The van der Waals surface area contributed by atoms with Crippen LogP contribution >= 0.6 is 11.3 Å². The molecule has 2 heterocycles. The van der Waals surface area contributed by atoms with E-state index in [1.807, 2.05) is 42.2 Å². The summed E-state index contributed by atoms with van der Waals surface area (Å²) in [7, 11) is 0. The van der Waals surface area contributed by atoms with E-state index in [9.17, 15) is 4.79 Å². The number of benzene rings is 1. The zero-order valence-corrected chi connectivity index (χ0v) is 12.6. The van der Waals surface area contributed by atoms with Crippen LogP contribution in [0.25, 0.3) is 0 Å². The summed E-state index contributed by atoms with van der Waals surface area (Å²) < 4.78 is 0. The molecule has 3 rings (SSSR count). The van der Waals surface area contributed by atoms with Crippen LogP contribution in [0.2, 0.25) is 0 Å². The van der Waals surface area contributed by atoms with Crippen LogP contribution in [0.3, 0.4) is 0 Å². The molecule has 1 N–H and O–H groups in total. The van der Waals surface area contributed by atoms with E-state index in [1.54, 1.807) is 11.3 Å². The molecule has 1 aromatic carbocycles. The standard InChI is InChI=1S/C14H17N5OS/c1-11-16-17-14(21-11)19-9-7-18(8-10-19)13(20)15-12-5-3-2-4-6-12/h2-6H,7-10H2,1H3,(H,15,20). The van der Waals surface area contributed by atoms with Crippen molar-refractivity contribution in [3.05, 3.63) is 35.3 Å². The third-order valence-corrected chi connectivity index (χ3v) is 4.28. The molecular formula is C14H17N5OS. The Morgan fingerprint density at radius 3 is 2.48 bits per heavy atom. The molecule has 0 unspecified atom stereocenters. The number of urea groups is 1. The first-order chi connectivity index (χ1) is 10.2. The predicted molar refractivity (Wildman–Crippen MR) is 83.9 cm³/mol. The molecule has 0 bridgehead atoms. The Labute approximate surface area is 127 Å². The van der Waals surface area contributed by atoms with Gasteiger partial charge in [0.25, 0.3) is 0 Å². The van der Waals surface area contributed by atoms with Crippen molar-refractivity contribution in [1.29, 1.82) is 0 Å². The summed E-state index contributed by atoms with van der Waals surface area (Å²) in [5, 5.41) is 13.0. The van der Waals surface area contributed by atoms with E-state index in [4.69, 9.17) is 0 Å². The molecule has 21 heavy (non-hydrogen) atoms. The molecule has 0 radical (unpaired) electrons. The van der Waals surface area contributed by atoms with Gasteiger partial charge < -0.3 is 15.1 Å². The van der Waals surface area contributed by atoms with Crippen molar-refractivity contribution >= 4 is 28.2 Å². The van der Waals surface area contributed by atoms with Crippen molar-refractivity contribution in [1.82, 2.24) is 15.1 Å². The van der Waals surface area contributed by atoms with Gasteiger partial charge in [0.05, 0.1) is 0 Å². The van der Waals surface area contributed by atoms with Gasteiger partial charge in [0.2, 0.25) is 5.13 Å². The van der Waals surface area contributed by atoms with Crippen LogP contribution in [0, 0.1) is 6.92 Å². The molecule has 2 amide bonds. The van der Waals surface area contributed by atoms with E-state index in [2.05, 4.69) is 20.4 Å². The van der Waals surface area contributed by atoms with Gasteiger partial charge in [-0.3, -0.25) is 0 Å². The average molecular weight is 303 g/mol. The summed E-state index contributed by atoms with van der Waals surface area (Å²) in [6, 6.07) is 9.47. The largest absolute Gasteiger partial charge is 0.343 e. The Hall–Kier alpha value is -2.15. The van der Waals surface area contributed by atoms with Gasteiger partial charge in [-0.1, -0.05) is 29.5 Å². The van der Waals surface area contributed by atoms with Crippen molar-refractivity contribution < 1.29 is 4.79 Å². The lowest BCUT2D eigenvalue weighted by Crippen LogP contribution is -2.50. The Bertz CT molecular complexity index is 607. The number of hydrogen-bond donors (Lipinski definition) is 1. The maximum Gasteiger partial charge on any atom is 0.321 e. The number of hydrogen-bond acceptors (Lipinski definition) is 5. The number of aromatic nitrogens is 2. The van der Waals surface area contributed by atoms with Gasteiger partial charge in [0.1, 0.15) is 5.01 Å². The van der Waals surface area contributed by atoms with Crippen LogP contribution in [0.15, 0.2) is 30.3 Å². The molecule has 1 fully saturated rings. The van der Waals surface area contributed by atoms with Crippen LogP contribution in [-0.2, 0) is 0 Å². The molecule has 2 aromatic rings. The zero-order valence-electron chi connectivity index (χ0n) is 11.8. The third kappa shape index (κ3) is 3.30. The van der Waals surface area contributed by atoms with Crippen molar-refractivity contribution in [2.45, 2.75) is 6.92 Å². The predicted octanol–water partition coefficient (Wildman–Crippen LogP) is 2.20. The number of rotatable bonds is 2. The molecule has 1 aromatic heterocycles. The third-order valence-electron chi connectivity index (χ3n) is 3.38. The van der Waals surface area contributed by atoms with Crippen molar-refractivity contribution in [3.63, 3.8) is 0 Å². The van der Waals surface area contributed by atoms with E-state index in [1.165, 1.54) is 0 Å². The molecule has 0 atom stereocenters. The molecule has 6 nitrogen and oxygen atoms in total. The summed E-state index contributed by atoms with van der Waals surface area (Å²) in [5.41, 5.74) is 0.824.